The summed E-state index contributed by atoms with van der Waals surface area (Å²) in [6.07, 6.45) is 4.12. The second-order valence-electron chi connectivity index (χ2n) is 4.46. The molecule has 2 atom stereocenters. The van der Waals surface area contributed by atoms with Crippen molar-refractivity contribution in [2.45, 2.75) is 38.8 Å². The van der Waals surface area contributed by atoms with Crippen molar-refractivity contribution >= 4 is 5.97 Å². The van der Waals surface area contributed by atoms with E-state index in [9.17, 15) is 9.90 Å². The van der Waals surface area contributed by atoms with E-state index in [1.165, 1.54) is 6.33 Å². The fourth-order valence-corrected chi connectivity index (χ4v) is 2.34. The molecule has 0 aromatic carbocycles. The van der Waals surface area contributed by atoms with Crippen molar-refractivity contribution in [1.82, 2.24) is 15.0 Å². The third kappa shape index (κ3) is 2.82. The molecular formula is C11H17N3O3. The number of carboxylic acids is 1. The van der Waals surface area contributed by atoms with Crippen molar-refractivity contribution in [3.63, 3.8) is 0 Å². The second-order valence-corrected chi connectivity index (χ2v) is 4.46. The molecule has 17 heavy (non-hydrogen) atoms. The molecule has 1 aliphatic heterocycles. The average molecular weight is 239 g/mol. The van der Waals surface area contributed by atoms with Gasteiger partial charge in [0.05, 0.1) is 6.54 Å². The maximum Gasteiger partial charge on any atom is 0.320 e. The number of likely N-dealkylation sites (tertiary alicyclic amines) is 1. The first-order valence-corrected chi connectivity index (χ1v) is 5.93. The summed E-state index contributed by atoms with van der Waals surface area (Å²) in [6, 6.07) is -0.430. The van der Waals surface area contributed by atoms with E-state index in [4.69, 9.17) is 4.52 Å². The lowest BCUT2D eigenvalue weighted by Gasteiger charge is -2.35. The Hall–Kier alpha value is -1.43. The number of carboxylic acid groups (broad SMARTS) is 1. The molecule has 0 spiro atoms. The van der Waals surface area contributed by atoms with E-state index in [1.807, 2.05) is 4.90 Å². The molecule has 2 heterocycles. The number of piperidine rings is 1. The van der Waals surface area contributed by atoms with Crippen LogP contribution in [-0.4, -0.2) is 38.7 Å². The van der Waals surface area contributed by atoms with Crippen LogP contribution in [0.2, 0.25) is 0 Å². The molecule has 94 valence electrons. The summed E-state index contributed by atoms with van der Waals surface area (Å²) < 4.78 is 4.92. The Morgan fingerprint density at radius 1 is 1.71 bits per heavy atom. The molecule has 0 amide bonds. The zero-order valence-electron chi connectivity index (χ0n) is 9.87. The lowest BCUT2D eigenvalue weighted by atomic mass is 9.89. The summed E-state index contributed by atoms with van der Waals surface area (Å²) in [4.78, 5) is 17.1. The third-order valence-electron chi connectivity index (χ3n) is 3.43. The molecule has 2 unspecified atom stereocenters. The Kier molecular flexibility index (Phi) is 3.73. The van der Waals surface area contributed by atoms with Gasteiger partial charge in [0, 0.05) is 0 Å². The zero-order chi connectivity index (χ0) is 12.3. The van der Waals surface area contributed by atoms with Gasteiger partial charge in [-0.25, -0.2) is 0 Å². The van der Waals surface area contributed by atoms with Crippen LogP contribution in [0, 0.1) is 5.92 Å². The van der Waals surface area contributed by atoms with Gasteiger partial charge in [-0.05, 0) is 25.3 Å². The van der Waals surface area contributed by atoms with Gasteiger partial charge in [-0.15, -0.1) is 0 Å². The van der Waals surface area contributed by atoms with Crippen molar-refractivity contribution in [3.05, 3.63) is 12.2 Å². The highest BCUT2D eigenvalue weighted by Crippen LogP contribution is 2.26. The SMILES string of the molecule is CCC1CCN(Cc2ncno2)C(C(=O)O)C1. The lowest BCUT2D eigenvalue weighted by Crippen LogP contribution is -2.46. The zero-order valence-corrected chi connectivity index (χ0v) is 9.87. The summed E-state index contributed by atoms with van der Waals surface area (Å²) >= 11 is 0. The second kappa shape index (κ2) is 5.27. The Morgan fingerprint density at radius 2 is 2.53 bits per heavy atom. The molecule has 1 aliphatic rings. The maximum atomic E-state index is 11.2. The Balaban J connectivity index is 2.02. The Bertz CT molecular complexity index is 366. The number of nitrogens with zero attached hydrogens (tertiary/aromatic N) is 3. The molecule has 1 saturated heterocycles. The van der Waals surface area contributed by atoms with Crippen LogP contribution in [0.1, 0.15) is 32.1 Å². The van der Waals surface area contributed by atoms with E-state index < -0.39 is 12.0 Å². The van der Waals surface area contributed by atoms with Crippen LogP contribution in [0.5, 0.6) is 0 Å². The number of carbonyl (C=O) groups is 1. The lowest BCUT2D eigenvalue weighted by molar-refractivity contribution is -0.146. The Labute approximate surface area is 99.6 Å². The van der Waals surface area contributed by atoms with Gasteiger partial charge in [-0.2, -0.15) is 4.98 Å². The highest BCUT2D eigenvalue weighted by Gasteiger charge is 2.33. The summed E-state index contributed by atoms with van der Waals surface area (Å²) in [6.45, 7) is 3.31. The van der Waals surface area contributed by atoms with Gasteiger partial charge in [-0.3, -0.25) is 9.69 Å². The predicted octanol–water partition coefficient (Wildman–Crippen LogP) is 1.14. The van der Waals surface area contributed by atoms with Crippen molar-refractivity contribution in [2.75, 3.05) is 6.54 Å². The van der Waals surface area contributed by atoms with Crippen LogP contribution < -0.4 is 0 Å². The van der Waals surface area contributed by atoms with E-state index in [2.05, 4.69) is 17.1 Å². The minimum atomic E-state index is -0.761. The molecule has 1 aromatic rings. The van der Waals surface area contributed by atoms with Crippen LogP contribution in [0.25, 0.3) is 0 Å². The maximum absolute atomic E-state index is 11.2. The highest BCUT2D eigenvalue weighted by molar-refractivity contribution is 5.73. The largest absolute Gasteiger partial charge is 0.480 e. The molecule has 1 aromatic heterocycles. The molecule has 6 heteroatoms. The van der Waals surface area contributed by atoms with E-state index in [0.717, 1.165) is 19.4 Å². The van der Waals surface area contributed by atoms with E-state index in [-0.39, 0.29) is 0 Å². The predicted molar refractivity (Wildman–Crippen MR) is 59.1 cm³/mol. The topological polar surface area (TPSA) is 79.5 Å². The fourth-order valence-electron chi connectivity index (χ4n) is 2.34. The van der Waals surface area contributed by atoms with E-state index >= 15 is 0 Å². The van der Waals surface area contributed by atoms with Crippen LogP contribution in [0.3, 0.4) is 0 Å². The van der Waals surface area contributed by atoms with Gasteiger partial charge in [0.25, 0.3) is 0 Å². The molecular weight excluding hydrogens is 222 g/mol. The Morgan fingerprint density at radius 3 is 3.12 bits per heavy atom. The fraction of sp³-hybridized carbons (Fsp3) is 0.727. The average Bonchev–Trinajstić information content (AvgIpc) is 2.82. The number of aliphatic carboxylic acids is 1. The van der Waals surface area contributed by atoms with Crippen molar-refractivity contribution in [3.8, 4) is 0 Å². The van der Waals surface area contributed by atoms with Gasteiger partial charge in [0.15, 0.2) is 6.33 Å². The van der Waals surface area contributed by atoms with Crippen molar-refractivity contribution in [1.29, 1.82) is 0 Å². The first kappa shape index (κ1) is 12.0. The highest BCUT2D eigenvalue weighted by atomic mass is 16.5. The first-order valence-electron chi connectivity index (χ1n) is 5.93. The standard InChI is InChI=1S/C11H17N3O3/c1-2-8-3-4-14(9(5-8)11(15)16)6-10-12-7-13-17-10/h7-9H,2-6H2,1H3,(H,15,16). The molecule has 0 aliphatic carbocycles. The molecule has 1 fully saturated rings. The number of aromatic nitrogens is 2. The minimum Gasteiger partial charge on any atom is -0.480 e. The number of hydrogen-bond donors (Lipinski definition) is 1. The van der Waals surface area contributed by atoms with Crippen molar-refractivity contribution < 1.29 is 14.4 Å². The minimum absolute atomic E-state index is 0.424. The van der Waals surface area contributed by atoms with E-state index in [1.54, 1.807) is 0 Å². The summed E-state index contributed by atoms with van der Waals surface area (Å²) in [7, 11) is 0. The van der Waals surface area contributed by atoms with E-state index in [0.29, 0.717) is 24.8 Å². The summed E-state index contributed by atoms with van der Waals surface area (Å²) in [5.41, 5.74) is 0. The summed E-state index contributed by atoms with van der Waals surface area (Å²) in [5, 5.41) is 12.8. The van der Waals surface area contributed by atoms with Gasteiger partial charge < -0.3 is 9.63 Å². The van der Waals surface area contributed by atoms with Crippen LogP contribution in [0.4, 0.5) is 0 Å². The molecule has 6 nitrogen and oxygen atoms in total. The first-order chi connectivity index (χ1) is 8.20. The summed E-state index contributed by atoms with van der Waals surface area (Å²) in [5.74, 6) is 0.226. The van der Waals surface area contributed by atoms with Crippen LogP contribution >= 0.6 is 0 Å². The van der Waals surface area contributed by atoms with Gasteiger partial charge in [0.2, 0.25) is 5.89 Å². The smallest absolute Gasteiger partial charge is 0.320 e. The van der Waals surface area contributed by atoms with Crippen LogP contribution in [0.15, 0.2) is 10.9 Å². The normalized spacial score (nSPS) is 25.9. The van der Waals surface area contributed by atoms with Gasteiger partial charge in [0.1, 0.15) is 6.04 Å². The molecule has 2 rings (SSSR count). The number of rotatable bonds is 4. The molecule has 0 saturated carbocycles. The third-order valence-corrected chi connectivity index (χ3v) is 3.43. The van der Waals surface area contributed by atoms with Crippen LogP contribution in [-0.2, 0) is 11.3 Å². The monoisotopic (exact) mass is 239 g/mol. The number of hydrogen-bond acceptors (Lipinski definition) is 5. The van der Waals surface area contributed by atoms with Gasteiger partial charge >= 0.3 is 5.97 Å². The molecule has 1 N–H and O–H groups in total. The quantitative estimate of drug-likeness (QED) is 0.848. The van der Waals surface area contributed by atoms with Gasteiger partial charge in [-0.1, -0.05) is 18.5 Å². The molecule has 0 radical (unpaired) electrons. The van der Waals surface area contributed by atoms with Crippen molar-refractivity contribution in [2.24, 2.45) is 5.92 Å². The molecule has 0 bridgehead atoms.